The van der Waals surface area contributed by atoms with Gasteiger partial charge in [0.05, 0.1) is 17.6 Å². The molecule has 1 aliphatic heterocycles. The predicted octanol–water partition coefficient (Wildman–Crippen LogP) is -0.0725. The fraction of sp³-hybridized carbons (Fsp3) is 0.615. The van der Waals surface area contributed by atoms with Crippen molar-refractivity contribution in [1.29, 1.82) is 0 Å². The van der Waals surface area contributed by atoms with E-state index in [0.717, 1.165) is 43.7 Å². The monoisotopic (exact) mass is 338 g/mol. The molecule has 2 N–H and O–H groups in total. The lowest BCUT2D eigenvalue weighted by Crippen LogP contribution is -2.38. The van der Waals surface area contributed by atoms with Gasteiger partial charge in [0, 0.05) is 30.9 Å². The van der Waals surface area contributed by atoms with Crippen molar-refractivity contribution in [3.63, 3.8) is 0 Å². The summed E-state index contributed by atoms with van der Waals surface area (Å²) in [5.41, 5.74) is 4.76. The highest BCUT2D eigenvalue weighted by Gasteiger charge is 2.21. The summed E-state index contributed by atoms with van der Waals surface area (Å²) in [5.74, 6) is 1.22. The van der Waals surface area contributed by atoms with E-state index in [4.69, 9.17) is 0 Å². The second kappa shape index (κ2) is 7.30. The minimum Gasteiger partial charge on any atom is -0.759 e. The number of hydrogen-bond acceptors (Lipinski definition) is 7. The predicted molar refractivity (Wildman–Crippen MR) is 85.1 cm³/mol. The first-order valence-corrected chi connectivity index (χ1v) is 8.70. The number of hydrogen-bond donors (Lipinski definition) is 2. The molecule has 0 radical (unpaired) electrons. The Labute approximate surface area is 136 Å². The highest BCUT2D eigenvalue weighted by atomic mass is 32.2. The first-order chi connectivity index (χ1) is 11.1. The van der Waals surface area contributed by atoms with Gasteiger partial charge in [-0.2, -0.15) is 14.9 Å². The quantitative estimate of drug-likeness (QED) is 0.431. The van der Waals surface area contributed by atoms with Crippen molar-refractivity contribution >= 4 is 22.7 Å². The number of anilines is 1. The Morgan fingerprint density at radius 3 is 2.96 bits per heavy atom. The molecule has 1 unspecified atom stereocenters. The fourth-order valence-corrected chi connectivity index (χ4v) is 3.21. The Morgan fingerprint density at radius 1 is 1.43 bits per heavy atom. The van der Waals surface area contributed by atoms with Crippen LogP contribution in [-0.4, -0.2) is 48.0 Å². The summed E-state index contributed by atoms with van der Waals surface area (Å²) in [7, 11) is 0. The molecule has 3 heterocycles. The Morgan fingerprint density at radius 2 is 2.22 bits per heavy atom. The van der Waals surface area contributed by atoms with Crippen LogP contribution < -0.4 is 15.2 Å². The topological polar surface area (TPSA) is 111 Å². The third-order valence-electron chi connectivity index (χ3n) is 4.23. The van der Waals surface area contributed by atoms with E-state index in [1.54, 1.807) is 4.52 Å². The number of rotatable bonds is 6. The second-order valence-electron chi connectivity index (χ2n) is 5.70. The SMILES string of the molecule is Cc1nc2ncnn2cc1N1CCC(CCNNS(=O)[O-])CC1. The number of nitrogens with zero attached hydrogens (tertiary/aromatic N) is 5. The molecule has 1 aliphatic rings. The van der Waals surface area contributed by atoms with Gasteiger partial charge in [-0.05, 0) is 32.1 Å². The van der Waals surface area contributed by atoms with E-state index in [1.807, 2.05) is 13.1 Å². The number of aryl methyl sites for hydroxylation is 1. The van der Waals surface area contributed by atoms with E-state index in [-0.39, 0.29) is 0 Å². The minimum atomic E-state index is -2.25. The first kappa shape index (κ1) is 16.2. The largest absolute Gasteiger partial charge is 0.759 e. The lowest BCUT2D eigenvalue weighted by atomic mass is 9.93. The lowest BCUT2D eigenvalue weighted by Gasteiger charge is -2.34. The van der Waals surface area contributed by atoms with E-state index in [2.05, 4.69) is 30.2 Å². The number of nitrogens with one attached hydrogen (secondary N) is 2. The van der Waals surface area contributed by atoms with Gasteiger partial charge in [-0.1, -0.05) is 0 Å². The summed E-state index contributed by atoms with van der Waals surface area (Å²) < 4.78 is 22.4. The van der Waals surface area contributed by atoms with Gasteiger partial charge in [-0.25, -0.2) is 14.9 Å². The van der Waals surface area contributed by atoms with Crippen molar-refractivity contribution in [2.24, 2.45) is 5.92 Å². The zero-order chi connectivity index (χ0) is 16.2. The standard InChI is InChI=1S/C13H21N7O2S/c1-10-12(8-20-13(17-10)14-9-16-20)19-6-3-11(4-7-19)2-5-15-18-23(21)22/h8-9,11,15,18H,2-7H2,1H3,(H,21,22)/p-1. The van der Waals surface area contributed by atoms with Crippen molar-refractivity contribution in [3.05, 3.63) is 18.2 Å². The van der Waals surface area contributed by atoms with Gasteiger partial charge in [0.25, 0.3) is 5.78 Å². The molecule has 1 fully saturated rings. The number of hydrazine groups is 1. The molecule has 126 valence electrons. The van der Waals surface area contributed by atoms with Gasteiger partial charge in [-0.3, -0.25) is 4.21 Å². The maximum absolute atomic E-state index is 10.4. The molecular weight excluding hydrogens is 318 g/mol. The van der Waals surface area contributed by atoms with Crippen LogP contribution in [0.2, 0.25) is 0 Å². The highest BCUT2D eigenvalue weighted by molar-refractivity contribution is 7.76. The Bertz CT molecular complexity index is 684. The van der Waals surface area contributed by atoms with Crippen LogP contribution >= 0.6 is 0 Å². The van der Waals surface area contributed by atoms with Crippen LogP contribution in [-0.2, 0) is 11.3 Å². The van der Waals surface area contributed by atoms with Crippen molar-refractivity contribution in [3.8, 4) is 0 Å². The lowest BCUT2D eigenvalue weighted by molar-refractivity contribution is 0.369. The highest BCUT2D eigenvalue weighted by Crippen LogP contribution is 2.26. The molecule has 0 aromatic carbocycles. The van der Waals surface area contributed by atoms with Crippen LogP contribution in [0.4, 0.5) is 5.69 Å². The Balaban J connectivity index is 1.53. The molecule has 3 rings (SSSR count). The molecular formula is C13H20N7O2S-. The van der Waals surface area contributed by atoms with E-state index in [1.165, 1.54) is 6.33 Å². The third-order valence-corrected chi connectivity index (χ3v) is 4.54. The molecule has 0 spiro atoms. The molecule has 0 aliphatic carbocycles. The van der Waals surface area contributed by atoms with Gasteiger partial charge in [0.1, 0.15) is 6.33 Å². The van der Waals surface area contributed by atoms with Crippen molar-refractivity contribution < 1.29 is 8.76 Å². The Kier molecular flexibility index (Phi) is 5.16. The summed E-state index contributed by atoms with van der Waals surface area (Å²) >= 11 is -2.25. The molecule has 23 heavy (non-hydrogen) atoms. The van der Waals surface area contributed by atoms with Crippen LogP contribution in [0.25, 0.3) is 5.78 Å². The zero-order valence-corrected chi connectivity index (χ0v) is 13.8. The zero-order valence-electron chi connectivity index (χ0n) is 12.9. The number of aromatic nitrogens is 4. The van der Waals surface area contributed by atoms with Crippen LogP contribution in [0.15, 0.2) is 12.5 Å². The molecule has 0 saturated carbocycles. The van der Waals surface area contributed by atoms with Crippen molar-refractivity contribution in [2.75, 3.05) is 24.5 Å². The fourth-order valence-electron chi connectivity index (χ4n) is 2.99. The summed E-state index contributed by atoms with van der Waals surface area (Å²) in [5, 5.41) is 4.15. The van der Waals surface area contributed by atoms with Gasteiger partial charge in [-0.15, -0.1) is 0 Å². The summed E-state index contributed by atoms with van der Waals surface area (Å²) in [4.78, 5) is 13.1. The van der Waals surface area contributed by atoms with Crippen LogP contribution in [0.1, 0.15) is 25.0 Å². The van der Waals surface area contributed by atoms with Gasteiger partial charge < -0.3 is 9.45 Å². The molecule has 9 nitrogen and oxygen atoms in total. The van der Waals surface area contributed by atoms with Gasteiger partial charge in [0.15, 0.2) is 0 Å². The van der Waals surface area contributed by atoms with Crippen molar-refractivity contribution in [1.82, 2.24) is 29.8 Å². The minimum absolute atomic E-state index is 0.601. The van der Waals surface area contributed by atoms with Crippen LogP contribution in [0.3, 0.4) is 0 Å². The summed E-state index contributed by atoms with van der Waals surface area (Å²) in [6.07, 6.45) is 6.61. The summed E-state index contributed by atoms with van der Waals surface area (Å²) in [6.45, 7) is 4.57. The molecule has 0 bridgehead atoms. The number of piperidine rings is 1. The van der Waals surface area contributed by atoms with Gasteiger partial charge >= 0.3 is 0 Å². The molecule has 1 saturated heterocycles. The molecule has 0 amide bonds. The summed E-state index contributed by atoms with van der Waals surface area (Å²) in [6, 6.07) is 0. The number of fused-ring (bicyclic) bond motifs is 1. The second-order valence-corrected chi connectivity index (χ2v) is 6.37. The smallest absolute Gasteiger partial charge is 0.252 e. The van der Waals surface area contributed by atoms with Crippen LogP contribution in [0, 0.1) is 12.8 Å². The Hall–Kier alpha value is -1.62. The first-order valence-electron chi connectivity index (χ1n) is 7.63. The van der Waals surface area contributed by atoms with Crippen LogP contribution in [0.5, 0.6) is 0 Å². The van der Waals surface area contributed by atoms with E-state index in [0.29, 0.717) is 18.2 Å². The maximum atomic E-state index is 10.4. The van der Waals surface area contributed by atoms with E-state index >= 15 is 0 Å². The van der Waals surface area contributed by atoms with E-state index in [9.17, 15) is 8.76 Å². The molecule has 10 heteroatoms. The average Bonchev–Trinajstić information content (AvgIpc) is 2.98. The third kappa shape index (κ3) is 4.02. The van der Waals surface area contributed by atoms with Gasteiger partial charge in [0.2, 0.25) is 0 Å². The van der Waals surface area contributed by atoms with Crippen molar-refractivity contribution in [2.45, 2.75) is 26.2 Å². The normalized spacial score (nSPS) is 17.7. The van der Waals surface area contributed by atoms with E-state index < -0.39 is 11.3 Å². The molecule has 1 atom stereocenters. The average molecular weight is 338 g/mol. The molecule has 2 aromatic rings. The maximum Gasteiger partial charge on any atom is 0.252 e. The molecule has 2 aromatic heterocycles.